The van der Waals surface area contributed by atoms with Gasteiger partial charge in [-0.05, 0) is 66.8 Å². The number of halogens is 1. The summed E-state index contributed by atoms with van der Waals surface area (Å²) in [4.78, 5) is 10.6. The molecule has 2 aromatic rings. The van der Waals surface area contributed by atoms with Gasteiger partial charge in [-0.2, -0.15) is 5.10 Å². The van der Waals surface area contributed by atoms with Crippen LogP contribution >= 0.6 is 22.6 Å². The van der Waals surface area contributed by atoms with Crippen LogP contribution in [-0.4, -0.2) is 16.8 Å². The van der Waals surface area contributed by atoms with Crippen molar-refractivity contribution in [3.63, 3.8) is 0 Å². The quantitative estimate of drug-likeness (QED) is 0.478. The minimum Gasteiger partial charge on any atom is -0.350 e. The molecule has 0 bridgehead atoms. The standard InChI is InChI=1S/C14H15IN4O/c1-9-7-11(8-17-18-14(16)20)10(2)19(9)13-5-3-12(15)4-6-13/h3-8H,1-2H3,(H3,16,18,20)/b17-8+. The van der Waals surface area contributed by atoms with Crippen LogP contribution in [0.5, 0.6) is 0 Å². The van der Waals surface area contributed by atoms with Crippen molar-refractivity contribution in [2.45, 2.75) is 13.8 Å². The summed E-state index contributed by atoms with van der Waals surface area (Å²) in [7, 11) is 0. The number of rotatable bonds is 3. The first-order valence-electron chi connectivity index (χ1n) is 6.02. The smallest absolute Gasteiger partial charge is 0.332 e. The molecule has 0 spiro atoms. The van der Waals surface area contributed by atoms with Crippen LogP contribution in [0.2, 0.25) is 0 Å². The van der Waals surface area contributed by atoms with E-state index in [-0.39, 0.29) is 0 Å². The monoisotopic (exact) mass is 382 g/mol. The van der Waals surface area contributed by atoms with E-state index in [1.165, 1.54) is 3.57 Å². The molecule has 0 radical (unpaired) electrons. The summed E-state index contributed by atoms with van der Waals surface area (Å²) < 4.78 is 3.34. The molecule has 1 aromatic carbocycles. The van der Waals surface area contributed by atoms with E-state index >= 15 is 0 Å². The number of nitrogens with zero attached hydrogens (tertiary/aromatic N) is 2. The molecule has 3 N–H and O–H groups in total. The highest BCUT2D eigenvalue weighted by molar-refractivity contribution is 14.1. The number of carbonyl (C=O) groups is 1. The molecule has 0 atom stereocenters. The van der Waals surface area contributed by atoms with Crippen LogP contribution in [0, 0.1) is 17.4 Å². The average Bonchev–Trinajstić information content (AvgIpc) is 2.66. The van der Waals surface area contributed by atoms with Crippen molar-refractivity contribution in [3.05, 3.63) is 50.9 Å². The van der Waals surface area contributed by atoms with Gasteiger partial charge >= 0.3 is 6.03 Å². The number of primary amides is 1. The van der Waals surface area contributed by atoms with Crippen molar-refractivity contribution in [1.29, 1.82) is 0 Å². The first-order valence-corrected chi connectivity index (χ1v) is 7.10. The molecule has 0 unspecified atom stereocenters. The Morgan fingerprint density at radius 3 is 2.60 bits per heavy atom. The number of amides is 2. The van der Waals surface area contributed by atoms with Gasteiger partial charge in [0.25, 0.3) is 0 Å². The number of aromatic nitrogens is 1. The SMILES string of the molecule is Cc1cc(/C=N/NC(N)=O)c(C)n1-c1ccc(I)cc1. The summed E-state index contributed by atoms with van der Waals surface area (Å²) in [6.45, 7) is 4.04. The summed E-state index contributed by atoms with van der Waals surface area (Å²) in [6.07, 6.45) is 1.59. The molecular formula is C14H15IN4O. The Labute approximate surface area is 131 Å². The van der Waals surface area contributed by atoms with Crippen molar-refractivity contribution in [2.75, 3.05) is 0 Å². The molecule has 1 aromatic heterocycles. The number of nitrogens with two attached hydrogens (primary N) is 1. The van der Waals surface area contributed by atoms with Crippen molar-refractivity contribution >= 4 is 34.8 Å². The van der Waals surface area contributed by atoms with Gasteiger partial charge in [-0.25, -0.2) is 10.2 Å². The Bertz CT molecular complexity index is 659. The van der Waals surface area contributed by atoms with Crippen LogP contribution in [0.4, 0.5) is 4.79 Å². The second kappa shape index (κ2) is 6.08. The van der Waals surface area contributed by atoms with E-state index in [9.17, 15) is 4.79 Å². The number of hydrazone groups is 1. The lowest BCUT2D eigenvalue weighted by Gasteiger charge is -2.09. The molecule has 5 nitrogen and oxygen atoms in total. The van der Waals surface area contributed by atoms with Crippen LogP contribution in [0.3, 0.4) is 0 Å². The Hall–Kier alpha value is -1.83. The van der Waals surface area contributed by atoms with Crippen molar-refractivity contribution < 1.29 is 4.79 Å². The van der Waals surface area contributed by atoms with Gasteiger partial charge in [0.15, 0.2) is 0 Å². The van der Waals surface area contributed by atoms with E-state index in [1.54, 1.807) is 6.21 Å². The van der Waals surface area contributed by atoms with E-state index in [0.717, 1.165) is 22.6 Å². The highest BCUT2D eigenvalue weighted by atomic mass is 127. The second-order valence-corrected chi connectivity index (χ2v) is 5.62. The molecule has 0 aliphatic rings. The highest BCUT2D eigenvalue weighted by Gasteiger charge is 2.09. The maximum atomic E-state index is 10.6. The summed E-state index contributed by atoms with van der Waals surface area (Å²) in [6, 6.07) is 9.62. The fourth-order valence-electron chi connectivity index (χ4n) is 2.07. The molecule has 0 fully saturated rings. The van der Waals surface area contributed by atoms with Crippen LogP contribution < -0.4 is 11.2 Å². The van der Waals surface area contributed by atoms with Gasteiger partial charge in [-0.3, -0.25) is 0 Å². The lowest BCUT2D eigenvalue weighted by Crippen LogP contribution is -2.24. The van der Waals surface area contributed by atoms with E-state index in [4.69, 9.17) is 5.73 Å². The summed E-state index contributed by atoms with van der Waals surface area (Å²) in [5, 5.41) is 3.80. The molecule has 6 heteroatoms. The fraction of sp³-hybridized carbons (Fsp3) is 0.143. The normalized spacial score (nSPS) is 10.9. The minimum absolute atomic E-state index is 0.673. The van der Waals surface area contributed by atoms with Gasteiger partial charge in [0.1, 0.15) is 0 Å². The number of urea groups is 1. The first kappa shape index (κ1) is 14.6. The van der Waals surface area contributed by atoms with E-state index in [1.807, 2.05) is 19.9 Å². The molecule has 0 aliphatic heterocycles. The second-order valence-electron chi connectivity index (χ2n) is 4.37. The minimum atomic E-state index is -0.673. The third-order valence-corrected chi connectivity index (χ3v) is 3.65. The summed E-state index contributed by atoms with van der Waals surface area (Å²) in [5.41, 5.74) is 11.4. The Balaban J connectivity index is 2.36. The predicted molar refractivity (Wildman–Crippen MR) is 88.3 cm³/mol. The van der Waals surface area contributed by atoms with Gasteiger partial charge in [0.2, 0.25) is 0 Å². The zero-order valence-corrected chi connectivity index (χ0v) is 13.4. The van der Waals surface area contributed by atoms with Crippen molar-refractivity contribution in [2.24, 2.45) is 10.8 Å². The number of carbonyl (C=O) groups excluding carboxylic acids is 1. The van der Waals surface area contributed by atoms with E-state index < -0.39 is 6.03 Å². The Kier molecular flexibility index (Phi) is 4.43. The van der Waals surface area contributed by atoms with Gasteiger partial charge in [-0.15, -0.1) is 0 Å². The van der Waals surface area contributed by atoms with Gasteiger partial charge in [0, 0.05) is 26.2 Å². The molecule has 2 rings (SSSR count). The highest BCUT2D eigenvalue weighted by Crippen LogP contribution is 2.20. The Morgan fingerprint density at radius 1 is 1.35 bits per heavy atom. The molecule has 20 heavy (non-hydrogen) atoms. The molecule has 0 aliphatic carbocycles. The maximum absolute atomic E-state index is 10.6. The molecule has 0 saturated carbocycles. The third kappa shape index (κ3) is 3.19. The van der Waals surface area contributed by atoms with Gasteiger partial charge in [-0.1, -0.05) is 0 Å². The molecule has 104 valence electrons. The lowest BCUT2D eigenvalue weighted by molar-refractivity contribution is 0.249. The van der Waals surface area contributed by atoms with Gasteiger partial charge in [0.05, 0.1) is 6.21 Å². The number of benzene rings is 1. The van der Waals surface area contributed by atoms with Crippen molar-refractivity contribution in [1.82, 2.24) is 9.99 Å². The lowest BCUT2D eigenvalue weighted by atomic mass is 10.2. The molecule has 0 saturated heterocycles. The zero-order chi connectivity index (χ0) is 14.7. The van der Waals surface area contributed by atoms with Crippen LogP contribution in [0.25, 0.3) is 5.69 Å². The van der Waals surface area contributed by atoms with Crippen LogP contribution in [-0.2, 0) is 0 Å². The number of aryl methyl sites for hydroxylation is 1. The maximum Gasteiger partial charge on any atom is 0.332 e. The predicted octanol–water partition coefficient (Wildman–Crippen LogP) is 2.70. The molecular weight excluding hydrogens is 367 g/mol. The summed E-state index contributed by atoms with van der Waals surface area (Å²) >= 11 is 2.28. The topological polar surface area (TPSA) is 72.4 Å². The molecule has 1 heterocycles. The fourth-order valence-corrected chi connectivity index (χ4v) is 2.43. The van der Waals surface area contributed by atoms with Crippen LogP contribution in [0.1, 0.15) is 17.0 Å². The summed E-state index contributed by atoms with van der Waals surface area (Å²) in [5.74, 6) is 0. The van der Waals surface area contributed by atoms with E-state index in [0.29, 0.717) is 0 Å². The number of hydrogen-bond donors (Lipinski definition) is 2. The number of hydrogen-bond acceptors (Lipinski definition) is 2. The first-order chi connectivity index (χ1) is 9.49. The van der Waals surface area contributed by atoms with Crippen molar-refractivity contribution in [3.8, 4) is 5.69 Å². The third-order valence-electron chi connectivity index (χ3n) is 2.93. The largest absolute Gasteiger partial charge is 0.350 e. The molecule has 2 amide bonds. The zero-order valence-electron chi connectivity index (χ0n) is 11.2. The van der Waals surface area contributed by atoms with Crippen LogP contribution in [0.15, 0.2) is 35.4 Å². The van der Waals surface area contributed by atoms with E-state index in [2.05, 4.69) is 62.0 Å². The number of nitrogens with one attached hydrogen (secondary N) is 1. The Morgan fingerprint density at radius 2 is 2.00 bits per heavy atom. The average molecular weight is 382 g/mol. The van der Waals surface area contributed by atoms with Gasteiger partial charge < -0.3 is 10.3 Å².